The summed E-state index contributed by atoms with van der Waals surface area (Å²) in [6.07, 6.45) is 2.20. The Balaban J connectivity index is 1.73. The number of nitrogens with one attached hydrogen (secondary N) is 1. The van der Waals surface area contributed by atoms with Crippen molar-refractivity contribution < 1.29 is 14.7 Å². The second-order valence-electron chi connectivity index (χ2n) is 6.04. The number of hydrogen-bond donors (Lipinski definition) is 2. The highest BCUT2D eigenvalue weighted by molar-refractivity contribution is 5.83. The van der Waals surface area contributed by atoms with Crippen LogP contribution in [0.25, 0.3) is 10.8 Å². The van der Waals surface area contributed by atoms with Crippen LogP contribution in [0.1, 0.15) is 31.7 Å². The maximum Gasteiger partial charge on any atom is 0.303 e. The lowest BCUT2D eigenvalue weighted by Crippen LogP contribution is -2.29. The number of carbonyl (C=O) groups excluding carboxylic acids is 1. The molecular weight excluding hydrogens is 290 g/mol. The predicted molar refractivity (Wildman–Crippen MR) is 91.3 cm³/mol. The molecule has 0 spiro atoms. The van der Waals surface area contributed by atoms with Crippen molar-refractivity contribution in [3.05, 3.63) is 48.0 Å². The minimum atomic E-state index is -0.831. The second-order valence-corrected chi connectivity index (χ2v) is 6.04. The van der Waals surface area contributed by atoms with Crippen molar-refractivity contribution in [2.75, 3.05) is 6.54 Å². The number of aryl methyl sites for hydroxylation is 1. The van der Waals surface area contributed by atoms with Crippen LogP contribution >= 0.6 is 0 Å². The van der Waals surface area contributed by atoms with Gasteiger partial charge in [-0.25, -0.2) is 0 Å². The van der Waals surface area contributed by atoms with Crippen molar-refractivity contribution in [2.45, 2.75) is 32.6 Å². The Bertz CT molecular complexity index is 681. The van der Waals surface area contributed by atoms with E-state index in [4.69, 9.17) is 5.11 Å². The second kappa shape index (κ2) is 8.32. The lowest BCUT2D eigenvalue weighted by Gasteiger charge is -2.10. The number of carbonyl (C=O) groups is 2. The minimum Gasteiger partial charge on any atom is -0.481 e. The van der Waals surface area contributed by atoms with Crippen LogP contribution in [-0.4, -0.2) is 23.5 Å². The van der Waals surface area contributed by atoms with Gasteiger partial charge >= 0.3 is 5.97 Å². The molecule has 23 heavy (non-hydrogen) atoms. The van der Waals surface area contributed by atoms with E-state index in [-0.39, 0.29) is 18.2 Å². The molecule has 4 nitrogen and oxygen atoms in total. The molecule has 0 radical (unpaired) electrons. The van der Waals surface area contributed by atoms with Crippen LogP contribution in [0, 0.1) is 5.92 Å². The van der Waals surface area contributed by atoms with Gasteiger partial charge in [-0.3, -0.25) is 9.59 Å². The summed E-state index contributed by atoms with van der Waals surface area (Å²) in [5.41, 5.74) is 1.23. The van der Waals surface area contributed by atoms with Gasteiger partial charge in [0.15, 0.2) is 0 Å². The number of rotatable bonds is 8. The fourth-order valence-electron chi connectivity index (χ4n) is 2.59. The third-order valence-corrected chi connectivity index (χ3v) is 3.85. The van der Waals surface area contributed by atoms with Gasteiger partial charge < -0.3 is 10.4 Å². The smallest absolute Gasteiger partial charge is 0.303 e. The van der Waals surface area contributed by atoms with Crippen LogP contribution in [0.4, 0.5) is 0 Å². The van der Waals surface area contributed by atoms with Crippen LogP contribution in [0.2, 0.25) is 0 Å². The summed E-state index contributed by atoms with van der Waals surface area (Å²) < 4.78 is 0. The van der Waals surface area contributed by atoms with Crippen LogP contribution in [0.15, 0.2) is 42.5 Å². The Kier molecular flexibility index (Phi) is 6.15. The minimum absolute atomic E-state index is 0.0111. The van der Waals surface area contributed by atoms with E-state index in [2.05, 4.69) is 35.6 Å². The molecule has 1 unspecified atom stereocenters. The van der Waals surface area contributed by atoms with E-state index in [1.165, 1.54) is 16.3 Å². The predicted octanol–water partition coefficient (Wildman–Crippen LogP) is 3.39. The first kappa shape index (κ1) is 17.0. The van der Waals surface area contributed by atoms with E-state index in [0.717, 1.165) is 12.8 Å². The van der Waals surface area contributed by atoms with E-state index >= 15 is 0 Å². The monoisotopic (exact) mass is 313 g/mol. The zero-order chi connectivity index (χ0) is 16.7. The number of amides is 1. The summed E-state index contributed by atoms with van der Waals surface area (Å²) in [5.74, 6) is -0.886. The lowest BCUT2D eigenvalue weighted by atomic mass is 10.0. The lowest BCUT2D eigenvalue weighted by molar-refractivity contribution is -0.138. The summed E-state index contributed by atoms with van der Waals surface area (Å²) in [4.78, 5) is 22.3. The van der Waals surface area contributed by atoms with E-state index < -0.39 is 5.97 Å². The molecule has 4 heteroatoms. The maximum absolute atomic E-state index is 11.8. The van der Waals surface area contributed by atoms with Crippen LogP contribution < -0.4 is 5.32 Å². The zero-order valence-corrected chi connectivity index (χ0v) is 13.4. The van der Waals surface area contributed by atoms with Gasteiger partial charge in [-0.1, -0.05) is 49.4 Å². The summed E-state index contributed by atoms with van der Waals surface area (Å²) >= 11 is 0. The van der Waals surface area contributed by atoms with Gasteiger partial charge in [-0.15, -0.1) is 0 Å². The molecule has 1 atom stereocenters. The average molecular weight is 313 g/mol. The van der Waals surface area contributed by atoms with Gasteiger partial charge in [0.25, 0.3) is 0 Å². The Hall–Kier alpha value is -2.36. The van der Waals surface area contributed by atoms with Crippen molar-refractivity contribution >= 4 is 22.6 Å². The van der Waals surface area contributed by atoms with Crippen molar-refractivity contribution in [1.29, 1.82) is 0 Å². The number of aliphatic carboxylic acids is 1. The molecule has 2 N–H and O–H groups in total. The molecule has 2 aromatic rings. The third-order valence-electron chi connectivity index (χ3n) is 3.85. The Labute approximate surface area is 136 Å². The third kappa shape index (κ3) is 5.74. The summed E-state index contributed by atoms with van der Waals surface area (Å²) in [5, 5.41) is 13.9. The Morgan fingerprint density at radius 1 is 1.13 bits per heavy atom. The molecule has 0 aliphatic rings. The first-order valence-electron chi connectivity index (χ1n) is 8.01. The van der Waals surface area contributed by atoms with Gasteiger partial charge in [-0.2, -0.15) is 0 Å². The summed E-state index contributed by atoms with van der Waals surface area (Å²) in [6, 6.07) is 14.6. The SMILES string of the molecule is CC(CNC(=O)CCCc1ccc2ccccc2c1)CC(=O)O. The molecule has 0 aromatic heterocycles. The molecular formula is C19H23NO3. The fraction of sp³-hybridized carbons (Fsp3) is 0.368. The molecule has 122 valence electrons. The van der Waals surface area contributed by atoms with Gasteiger partial charge in [0.05, 0.1) is 0 Å². The topological polar surface area (TPSA) is 66.4 Å². The largest absolute Gasteiger partial charge is 0.481 e. The molecule has 2 aromatic carbocycles. The van der Waals surface area contributed by atoms with Gasteiger partial charge in [0.1, 0.15) is 0 Å². The van der Waals surface area contributed by atoms with E-state index in [1.807, 2.05) is 19.1 Å². The normalized spacial score (nSPS) is 12.0. The molecule has 0 saturated heterocycles. The Morgan fingerprint density at radius 3 is 2.61 bits per heavy atom. The van der Waals surface area contributed by atoms with Crippen molar-refractivity contribution in [3.8, 4) is 0 Å². The molecule has 0 heterocycles. The first-order valence-corrected chi connectivity index (χ1v) is 8.01. The highest BCUT2D eigenvalue weighted by Crippen LogP contribution is 2.17. The number of carboxylic acid groups (broad SMARTS) is 1. The zero-order valence-electron chi connectivity index (χ0n) is 13.4. The van der Waals surface area contributed by atoms with E-state index in [1.54, 1.807) is 0 Å². The molecule has 0 fully saturated rings. The van der Waals surface area contributed by atoms with Crippen LogP contribution in [-0.2, 0) is 16.0 Å². The maximum atomic E-state index is 11.8. The molecule has 0 saturated carbocycles. The standard InChI is InChI=1S/C19H23NO3/c1-14(11-19(22)23)13-20-18(21)8-4-5-15-9-10-16-6-2-3-7-17(16)12-15/h2-3,6-7,9-10,12,14H,4-5,8,11,13H2,1H3,(H,20,21)(H,22,23). The van der Waals surface area contributed by atoms with Gasteiger partial charge in [0, 0.05) is 19.4 Å². The number of benzene rings is 2. The van der Waals surface area contributed by atoms with Crippen LogP contribution in [0.5, 0.6) is 0 Å². The van der Waals surface area contributed by atoms with Crippen molar-refractivity contribution in [1.82, 2.24) is 5.32 Å². The molecule has 0 aliphatic heterocycles. The van der Waals surface area contributed by atoms with E-state index in [0.29, 0.717) is 13.0 Å². The highest BCUT2D eigenvalue weighted by Gasteiger charge is 2.09. The quantitative estimate of drug-likeness (QED) is 0.785. The summed E-state index contributed by atoms with van der Waals surface area (Å²) in [7, 11) is 0. The van der Waals surface area contributed by atoms with Crippen molar-refractivity contribution in [2.24, 2.45) is 5.92 Å². The van der Waals surface area contributed by atoms with Gasteiger partial charge in [0.2, 0.25) is 5.91 Å². The average Bonchev–Trinajstić information content (AvgIpc) is 2.52. The molecule has 2 rings (SSSR count). The number of hydrogen-bond acceptors (Lipinski definition) is 2. The molecule has 0 bridgehead atoms. The highest BCUT2D eigenvalue weighted by atomic mass is 16.4. The van der Waals surface area contributed by atoms with Gasteiger partial charge in [-0.05, 0) is 35.1 Å². The molecule has 0 aliphatic carbocycles. The van der Waals surface area contributed by atoms with Crippen LogP contribution in [0.3, 0.4) is 0 Å². The number of carboxylic acids is 1. The number of fused-ring (bicyclic) bond motifs is 1. The molecule has 1 amide bonds. The fourth-order valence-corrected chi connectivity index (χ4v) is 2.59. The first-order chi connectivity index (χ1) is 11.0. The van der Waals surface area contributed by atoms with Crippen molar-refractivity contribution in [3.63, 3.8) is 0 Å². The Morgan fingerprint density at radius 2 is 1.87 bits per heavy atom. The van der Waals surface area contributed by atoms with E-state index in [9.17, 15) is 9.59 Å². The summed E-state index contributed by atoms with van der Waals surface area (Å²) in [6.45, 7) is 2.24.